The molecule has 19 heavy (non-hydrogen) atoms. The summed E-state index contributed by atoms with van der Waals surface area (Å²) in [6.45, 7) is 8.36. The zero-order valence-corrected chi connectivity index (χ0v) is 11.6. The summed E-state index contributed by atoms with van der Waals surface area (Å²) < 4.78 is 7.85. The monoisotopic (exact) mass is 255 g/mol. The zero-order chi connectivity index (χ0) is 13.6. The second-order valence-corrected chi connectivity index (χ2v) is 5.70. The van der Waals surface area contributed by atoms with Crippen molar-refractivity contribution >= 4 is 11.2 Å². The van der Waals surface area contributed by atoms with E-state index in [9.17, 15) is 0 Å². The Morgan fingerprint density at radius 1 is 1.16 bits per heavy atom. The molecule has 4 nitrogen and oxygen atoms in total. The quantitative estimate of drug-likeness (QED) is 0.665. The van der Waals surface area contributed by atoms with Crippen molar-refractivity contribution in [3.63, 3.8) is 0 Å². The van der Waals surface area contributed by atoms with Crippen LogP contribution in [0.25, 0.3) is 22.7 Å². The van der Waals surface area contributed by atoms with E-state index in [0.29, 0.717) is 0 Å². The van der Waals surface area contributed by atoms with Crippen LogP contribution in [0.1, 0.15) is 26.5 Å². The largest absolute Gasteiger partial charge is 0.458 e. The van der Waals surface area contributed by atoms with E-state index in [-0.39, 0.29) is 5.54 Å². The van der Waals surface area contributed by atoms with Crippen LogP contribution in [0.3, 0.4) is 0 Å². The highest BCUT2D eigenvalue weighted by molar-refractivity contribution is 5.76. The van der Waals surface area contributed by atoms with Crippen LogP contribution < -0.4 is 0 Å². The second kappa shape index (κ2) is 3.95. The molecule has 0 saturated heterocycles. The van der Waals surface area contributed by atoms with E-state index in [1.165, 1.54) is 0 Å². The first-order valence-electron chi connectivity index (χ1n) is 6.37. The third-order valence-electron chi connectivity index (χ3n) is 3.05. The lowest BCUT2D eigenvalue weighted by Crippen LogP contribution is -2.23. The van der Waals surface area contributed by atoms with Gasteiger partial charge in [0.2, 0.25) is 0 Å². The molecule has 3 rings (SSSR count). The Bertz CT molecular complexity index is 731. The number of rotatable bonds is 1. The van der Waals surface area contributed by atoms with Gasteiger partial charge in [-0.25, -0.2) is 9.97 Å². The minimum Gasteiger partial charge on any atom is -0.458 e. The van der Waals surface area contributed by atoms with Crippen molar-refractivity contribution in [3.8, 4) is 11.6 Å². The maximum atomic E-state index is 5.72. The molecular formula is C15H17N3O. The topological polar surface area (TPSA) is 43.9 Å². The highest BCUT2D eigenvalue weighted by atomic mass is 16.3. The number of furan rings is 1. The highest BCUT2D eigenvalue weighted by Crippen LogP contribution is 2.30. The number of aromatic nitrogens is 3. The molecule has 3 aromatic heterocycles. The molecule has 0 N–H and O–H groups in total. The first-order valence-corrected chi connectivity index (χ1v) is 6.37. The van der Waals surface area contributed by atoms with Crippen LogP contribution in [0, 0.1) is 6.92 Å². The van der Waals surface area contributed by atoms with Gasteiger partial charge in [0.1, 0.15) is 11.3 Å². The third kappa shape index (κ3) is 1.93. The number of pyridine rings is 1. The summed E-state index contributed by atoms with van der Waals surface area (Å²) >= 11 is 0. The first kappa shape index (κ1) is 12.0. The summed E-state index contributed by atoms with van der Waals surface area (Å²) in [6.07, 6.45) is 1.80. The van der Waals surface area contributed by atoms with Crippen LogP contribution in [0.4, 0.5) is 0 Å². The fourth-order valence-corrected chi connectivity index (χ4v) is 2.27. The van der Waals surface area contributed by atoms with Crippen LogP contribution in [0.15, 0.2) is 34.9 Å². The molecule has 0 radical (unpaired) electrons. The van der Waals surface area contributed by atoms with E-state index in [2.05, 4.69) is 35.3 Å². The summed E-state index contributed by atoms with van der Waals surface area (Å²) in [7, 11) is 0. The van der Waals surface area contributed by atoms with Crippen LogP contribution in [0.5, 0.6) is 0 Å². The van der Waals surface area contributed by atoms with Gasteiger partial charge in [-0.05, 0) is 52.0 Å². The van der Waals surface area contributed by atoms with Gasteiger partial charge in [0.05, 0.1) is 0 Å². The molecule has 0 aliphatic rings. The Morgan fingerprint density at radius 2 is 1.95 bits per heavy atom. The lowest BCUT2D eigenvalue weighted by atomic mass is 10.1. The van der Waals surface area contributed by atoms with Crippen LogP contribution >= 0.6 is 0 Å². The van der Waals surface area contributed by atoms with E-state index in [4.69, 9.17) is 4.42 Å². The van der Waals surface area contributed by atoms with Gasteiger partial charge in [-0.1, -0.05) is 0 Å². The van der Waals surface area contributed by atoms with Gasteiger partial charge in [-0.15, -0.1) is 0 Å². The summed E-state index contributed by atoms with van der Waals surface area (Å²) in [4.78, 5) is 9.13. The molecule has 0 spiro atoms. The number of imidazole rings is 1. The van der Waals surface area contributed by atoms with Crippen molar-refractivity contribution in [2.24, 2.45) is 0 Å². The van der Waals surface area contributed by atoms with Gasteiger partial charge in [0.25, 0.3) is 0 Å². The van der Waals surface area contributed by atoms with Gasteiger partial charge < -0.3 is 8.98 Å². The highest BCUT2D eigenvalue weighted by Gasteiger charge is 2.24. The Kier molecular flexibility index (Phi) is 2.49. The van der Waals surface area contributed by atoms with Crippen molar-refractivity contribution in [1.82, 2.24) is 14.5 Å². The Balaban J connectivity index is 2.35. The normalized spacial score (nSPS) is 12.2. The summed E-state index contributed by atoms with van der Waals surface area (Å²) in [6, 6.07) is 7.79. The summed E-state index contributed by atoms with van der Waals surface area (Å²) in [5.74, 6) is 2.50. The fraction of sp³-hybridized carbons (Fsp3) is 0.333. The number of nitrogens with zero attached hydrogens (tertiary/aromatic N) is 3. The molecule has 4 heteroatoms. The predicted octanol–water partition coefficient (Wildman–Crippen LogP) is 3.75. The zero-order valence-electron chi connectivity index (χ0n) is 11.6. The molecule has 3 heterocycles. The maximum Gasteiger partial charge on any atom is 0.178 e. The molecule has 0 fully saturated rings. The van der Waals surface area contributed by atoms with Crippen LogP contribution in [-0.2, 0) is 5.54 Å². The summed E-state index contributed by atoms with van der Waals surface area (Å²) in [5.41, 5.74) is 1.67. The average molecular weight is 255 g/mol. The number of hydrogen-bond acceptors (Lipinski definition) is 3. The lowest BCUT2D eigenvalue weighted by Gasteiger charge is -2.23. The van der Waals surface area contributed by atoms with Gasteiger partial charge in [0, 0.05) is 11.7 Å². The minimum absolute atomic E-state index is 0.112. The molecule has 0 bridgehead atoms. The van der Waals surface area contributed by atoms with Gasteiger partial charge >= 0.3 is 0 Å². The Labute approximate surface area is 112 Å². The number of hydrogen-bond donors (Lipinski definition) is 0. The number of aryl methyl sites for hydroxylation is 1. The van der Waals surface area contributed by atoms with Gasteiger partial charge in [0.15, 0.2) is 17.2 Å². The Morgan fingerprint density at radius 3 is 2.58 bits per heavy atom. The molecule has 0 atom stereocenters. The molecule has 98 valence electrons. The van der Waals surface area contributed by atoms with Crippen molar-refractivity contribution < 1.29 is 4.42 Å². The smallest absolute Gasteiger partial charge is 0.178 e. The van der Waals surface area contributed by atoms with Crippen LogP contribution in [-0.4, -0.2) is 14.5 Å². The first-order chi connectivity index (χ1) is 8.97. The Hall–Kier alpha value is -2.10. The standard InChI is InChI=1S/C15H17N3O/c1-10-7-8-12(19-10)14-17-11-6-5-9-16-13(11)18(14)15(2,3)4/h5-9H,1-4H3. The van der Waals surface area contributed by atoms with Crippen LogP contribution in [0.2, 0.25) is 0 Å². The SMILES string of the molecule is Cc1ccc(-c2nc3cccnc3n2C(C)(C)C)o1. The van der Waals surface area contributed by atoms with Crippen molar-refractivity contribution in [3.05, 3.63) is 36.2 Å². The molecular weight excluding hydrogens is 238 g/mol. The lowest BCUT2D eigenvalue weighted by molar-refractivity contribution is 0.405. The third-order valence-corrected chi connectivity index (χ3v) is 3.05. The van der Waals surface area contributed by atoms with E-state index in [1.54, 1.807) is 6.20 Å². The van der Waals surface area contributed by atoms with Gasteiger partial charge in [-0.3, -0.25) is 0 Å². The molecule has 0 unspecified atom stereocenters. The summed E-state index contributed by atoms with van der Waals surface area (Å²) in [5, 5.41) is 0. The maximum absolute atomic E-state index is 5.72. The van der Waals surface area contributed by atoms with Crippen molar-refractivity contribution in [2.45, 2.75) is 33.2 Å². The fourth-order valence-electron chi connectivity index (χ4n) is 2.27. The van der Waals surface area contributed by atoms with Gasteiger partial charge in [-0.2, -0.15) is 0 Å². The van der Waals surface area contributed by atoms with E-state index in [1.807, 2.05) is 31.2 Å². The van der Waals surface area contributed by atoms with Crippen molar-refractivity contribution in [1.29, 1.82) is 0 Å². The molecule has 0 saturated carbocycles. The molecule has 0 aliphatic carbocycles. The number of fused-ring (bicyclic) bond motifs is 1. The average Bonchev–Trinajstić information content (AvgIpc) is 2.90. The predicted molar refractivity (Wildman–Crippen MR) is 75.0 cm³/mol. The van der Waals surface area contributed by atoms with E-state index < -0.39 is 0 Å². The second-order valence-electron chi connectivity index (χ2n) is 5.70. The van der Waals surface area contributed by atoms with E-state index >= 15 is 0 Å². The minimum atomic E-state index is -0.112. The van der Waals surface area contributed by atoms with E-state index in [0.717, 1.165) is 28.5 Å². The molecule has 0 amide bonds. The molecule has 0 aromatic carbocycles. The molecule has 0 aliphatic heterocycles. The van der Waals surface area contributed by atoms with Crippen molar-refractivity contribution in [2.75, 3.05) is 0 Å². The molecule has 3 aromatic rings.